The molecule has 8 heavy (non-hydrogen) atoms. The van der Waals surface area contributed by atoms with Crippen LogP contribution in [0.4, 0.5) is 0 Å². The maximum atomic E-state index is 8.93. The maximum absolute atomic E-state index is 8.93. The molecule has 0 saturated carbocycles. The van der Waals surface area contributed by atoms with Gasteiger partial charge in [-0.15, -0.1) is 0 Å². The second kappa shape index (κ2) is 9.62. The van der Waals surface area contributed by atoms with Gasteiger partial charge in [-0.2, -0.15) is 0 Å². The van der Waals surface area contributed by atoms with Crippen LogP contribution in [-0.4, -0.2) is 32.3 Å². The van der Waals surface area contributed by atoms with Gasteiger partial charge >= 0.3 is 0 Å². The van der Waals surface area contributed by atoms with Crippen molar-refractivity contribution in [1.82, 2.24) is 4.90 Å². The number of hydrogen-bond acceptors (Lipinski definition) is 2. The summed E-state index contributed by atoms with van der Waals surface area (Å²) in [6.45, 7) is 3.06. The Morgan fingerprint density at radius 3 is 1.62 bits per heavy atom. The second-order valence-corrected chi connectivity index (χ2v) is 1.66. The molecule has 0 rings (SSSR count). The van der Waals surface area contributed by atoms with Crippen molar-refractivity contribution in [2.45, 2.75) is 0 Å². The first-order valence-corrected chi connectivity index (χ1v) is 2.24. The Morgan fingerprint density at radius 2 is 1.62 bits per heavy atom. The van der Waals surface area contributed by atoms with E-state index in [4.69, 9.17) is 4.79 Å². The maximum Gasteiger partial charge on any atom is 0.225 e. The predicted molar refractivity (Wildman–Crippen MR) is 35.5 cm³/mol. The average molecular weight is 114 g/mol. The van der Waals surface area contributed by atoms with Crippen molar-refractivity contribution in [2.75, 3.05) is 21.1 Å². The topological polar surface area (TPSA) is 20.3 Å². The SMILES string of the molecule is C=C[C]=O.CN(C)C. The van der Waals surface area contributed by atoms with Crippen molar-refractivity contribution in [3.63, 3.8) is 0 Å². The molecule has 0 spiro atoms. The van der Waals surface area contributed by atoms with Crippen molar-refractivity contribution in [1.29, 1.82) is 0 Å². The quantitative estimate of drug-likeness (QED) is 0.461. The average Bonchev–Trinajstić information content (AvgIpc) is 1.65. The van der Waals surface area contributed by atoms with E-state index in [9.17, 15) is 0 Å². The minimum atomic E-state index is 1.07. The summed E-state index contributed by atoms with van der Waals surface area (Å²) in [6.07, 6.45) is 2.51. The van der Waals surface area contributed by atoms with Crippen LogP contribution >= 0.6 is 0 Å². The molecule has 0 aromatic rings. The van der Waals surface area contributed by atoms with Gasteiger partial charge in [-0.05, 0) is 27.2 Å². The van der Waals surface area contributed by atoms with Crippen molar-refractivity contribution >= 4 is 6.29 Å². The smallest absolute Gasteiger partial charge is 0.225 e. The van der Waals surface area contributed by atoms with E-state index in [1.54, 1.807) is 0 Å². The van der Waals surface area contributed by atoms with Gasteiger partial charge in [0.15, 0.2) is 0 Å². The van der Waals surface area contributed by atoms with E-state index < -0.39 is 0 Å². The molecule has 0 bridgehead atoms. The molecular weight excluding hydrogens is 102 g/mol. The van der Waals surface area contributed by atoms with Gasteiger partial charge in [0.05, 0.1) is 0 Å². The summed E-state index contributed by atoms with van der Waals surface area (Å²) >= 11 is 0. The van der Waals surface area contributed by atoms with E-state index >= 15 is 0 Å². The summed E-state index contributed by atoms with van der Waals surface area (Å²) in [4.78, 5) is 10.9. The fraction of sp³-hybridized carbons (Fsp3) is 0.500. The van der Waals surface area contributed by atoms with Crippen LogP contribution in [0.15, 0.2) is 12.7 Å². The van der Waals surface area contributed by atoms with Crippen LogP contribution in [0.25, 0.3) is 0 Å². The van der Waals surface area contributed by atoms with Gasteiger partial charge in [0.25, 0.3) is 0 Å². The first-order valence-electron chi connectivity index (χ1n) is 2.24. The Kier molecular flexibility index (Phi) is 12.5. The van der Waals surface area contributed by atoms with E-state index in [0.717, 1.165) is 6.08 Å². The van der Waals surface area contributed by atoms with Gasteiger partial charge in [0.2, 0.25) is 6.29 Å². The molecule has 2 heteroatoms. The molecule has 0 atom stereocenters. The van der Waals surface area contributed by atoms with Crippen molar-refractivity contribution in [2.24, 2.45) is 0 Å². The van der Waals surface area contributed by atoms with Crippen LogP contribution in [0.3, 0.4) is 0 Å². The molecule has 0 aliphatic rings. The lowest BCUT2D eigenvalue weighted by molar-refractivity contribution is 0.505. The van der Waals surface area contributed by atoms with Crippen LogP contribution in [0, 0.1) is 0 Å². The number of carbonyl (C=O) groups excluding carboxylic acids is 1. The van der Waals surface area contributed by atoms with E-state index in [0.29, 0.717) is 0 Å². The molecule has 0 aromatic heterocycles. The van der Waals surface area contributed by atoms with Crippen molar-refractivity contribution < 1.29 is 4.79 Å². The van der Waals surface area contributed by atoms with Gasteiger partial charge in [0, 0.05) is 0 Å². The standard InChI is InChI=1S/C3H9N.C3H3O/c1-4(2)3;1-2-3-4/h1-3H3;2H,1H2. The lowest BCUT2D eigenvalue weighted by Gasteiger charge is -1.90. The van der Waals surface area contributed by atoms with E-state index in [1.807, 2.05) is 26.0 Å². The largest absolute Gasteiger partial charge is 0.312 e. The van der Waals surface area contributed by atoms with Gasteiger partial charge in [-0.3, -0.25) is 4.79 Å². The van der Waals surface area contributed by atoms with Gasteiger partial charge < -0.3 is 4.90 Å². The zero-order valence-corrected chi connectivity index (χ0v) is 5.64. The van der Waals surface area contributed by atoms with Crippen molar-refractivity contribution in [3.8, 4) is 0 Å². The molecule has 47 valence electrons. The normalized spacial score (nSPS) is 7.00. The Labute approximate surface area is 50.8 Å². The zero-order valence-electron chi connectivity index (χ0n) is 5.64. The molecular formula is C6H12NO. The van der Waals surface area contributed by atoms with Gasteiger partial charge in [0.1, 0.15) is 0 Å². The molecule has 0 fully saturated rings. The lowest BCUT2D eigenvalue weighted by atomic mass is 10.8. The number of rotatable bonds is 1. The number of hydrogen-bond donors (Lipinski definition) is 0. The molecule has 0 saturated heterocycles. The van der Waals surface area contributed by atoms with E-state index in [2.05, 4.69) is 6.58 Å². The highest BCUT2D eigenvalue weighted by molar-refractivity contribution is 5.64. The lowest BCUT2D eigenvalue weighted by Crippen LogP contribution is -1.99. The molecule has 0 amide bonds. The molecule has 0 heterocycles. The number of nitrogens with zero attached hydrogens (tertiary/aromatic N) is 1. The molecule has 1 radical (unpaired) electrons. The second-order valence-electron chi connectivity index (χ2n) is 1.66. The van der Waals surface area contributed by atoms with Gasteiger partial charge in [-0.25, -0.2) is 0 Å². The van der Waals surface area contributed by atoms with Crippen LogP contribution in [0.1, 0.15) is 0 Å². The zero-order chi connectivity index (χ0) is 6.99. The number of allylic oxidation sites excluding steroid dienone is 1. The van der Waals surface area contributed by atoms with Crippen LogP contribution < -0.4 is 0 Å². The Bertz CT molecular complexity index is 50.8. The fourth-order valence-corrected chi connectivity index (χ4v) is 0. The van der Waals surface area contributed by atoms with Crippen LogP contribution in [0.2, 0.25) is 0 Å². The Balaban J connectivity index is 0. The molecule has 0 aliphatic carbocycles. The summed E-state index contributed by atoms with van der Waals surface area (Å²) in [6, 6.07) is 0. The molecule has 0 aromatic carbocycles. The highest BCUT2D eigenvalue weighted by atomic mass is 16.1. The summed E-state index contributed by atoms with van der Waals surface area (Å²) in [7, 11) is 6.00. The third-order valence-corrected chi connectivity index (χ3v) is 0.0833. The third kappa shape index (κ3) is 749. The van der Waals surface area contributed by atoms with Crippen LogP contribution in [-0.2, 0) is 4.79 Å². The van der Waals surface area contributed by atoms with E-state index in [1.165, 1.54) is 6.29 Å². The summed E-state index contributed by atoms with van der Waals surface area (Å²) in [5.41, 5.74) is 0. The van der Waals surface area contributed by atoms with Gasteiger partial charge in [-0.1, -0.05) is 6.58 Å². The van der Waals surface area contributed by atoms with E-state index in [-0.39, 0.29) is 0 Å². The summed E-state index contributed by atoms with van der Waals surface area (Å²) < 4.78 is 0. The Hall–Kier alpha value is -0.630. The third-order valence-electron chi connectivity index (χ3n) is 0.0833. The predicted octanol–water partition coefficient (Wildman–Crippen LogP) is 0.460. The highest BCUT2D eigenvalue weighted by Gasteiger charge is 1.58. The summed E-state index contributed by atoms with van der Waals surface area (Å²) in [5, 5.41) is 0. The first-order chi connectivity index (χ1) is 3.65. The molecule has 0 N–H and O–H groups in total. The molecule has 0 unspecified atom stereocenters. The monoisotopic (exact) mass is 114 g/mol. The molecule has 0 aliphatic heterocycles. The highest BCUT2D eigenvalue weighted by Crippen LogP contribution is 1.47. The van der Waals surface area contributed by atoms with Crippen molar-refractivity contribution in [3.05, 3.63) is 12.7 Å². The fourth-order valence-electron chi connectivity index (χ4n) is 0. The van der Waals surface area contributed by atoms with Crippen LogP contribution in [0.5, 0.6) is 0 Å². The molecule has 2 nitrogen and oxygen atoms in total. The minimum absolute atomic E-state index is 1.07. The first kappa shape index (κ1) is 10.4. The minimum Gasteiger partial charge on any atom is -0.312 e. The summed E-state index contributed by atoms with van der Waals surface area (Å²) in [5.74, 6) is 0. The Morgan fingerprint density at radius 1 is 1.50 bits per heavy atom.